The first kappa shape index (κ1) is 13.3. The number of nitrogens with one attached hydrogen (secondary N) is 1. The molecule has 0 aliphatic carbocycles. The Morgan fingerprint density at radius 3 is 3.15 bits per heavy atom. The molecular weight excluding hydrogens is 274 g/mol. The number of anilines is 1. The van der Waals surface area contributed by atoms with Crippen molar-refractivity contribution in [3.8, 4) is 6.19 Å². The van der Waals surface area contributed by atoms with E-state index in [4.69, 9.17) is 5.26 Å². The Hall–Kier alpha value is -1.65. The average Bonchev–Trinajstić information content (AvgIpc) is 3.03. The highest BCUT2D eigenvalue weighted by molar-refractivity contribution is 7.15. The molecule has 0 aromatic carbocycles. The van der Waals surface area contributed by atoms with Gasteiger partial charge >= 0.3 is 0 Å². The maximum absolute atomic E-state index is 12.2. The number of carbonyl (C=O) groups is 1. The van der Waals surface area contributed by atoms with E-state index in [1.807, 2.05) is 0 Å². The number of amides is 1. The summed E-state index contributed by atoms with van der Waals surface area (Å²) in [6, 6.07) is 0. The minimum atomic E-state index is -0.0988. The number of thiazole rings is 1. The Balaban J connectivity index is 1.64. The van der Waals surface area contributed by atoms with Crippen LogP contribution in [0.15, 0.2) is 0 Å². The molecule has 0 spiro atoms. The molecule has 1 atom stereocenters. The molecule has 106 valence electrons. The summed E-state index contributed by atoms with van der Waals surface area (Å²) in [6.07, 6.45) is 3.78. The number of carbonyl (C=O) groups excluding carboxylic acids is 1. The van der Waals surface area contributed by atoms with Gasteiger partial charge in [0.05, 0.1) is 11.6 Å². The normalized spacial score (nSPS) is 22.4. The van der Waals surface area contributed by atoms with Gasteiger partial charge in [-0.15, -0.1) is 11.3 Å². The van der Waals surface area contributed by atoms with Gasteiger partial charge in [0.25, 0.3) is 0 Å². The molecule has 0 unspecified atom stereocenters. The molecular formula is C13H17N5OS. The molecule has 3 heterocycles. The smallest absolute Gasteiger partial charge is 0.231 e. The number of hydrogen-bond acceptors (Lipinski definition) is 6. The zero-order valence-electron chi connectivity index (χ0n) is 11.4. The first-order chi connectivity index (χ1) is 9.65. The predicted molar refractivity (Wildman–Crippen MR) is 76.1 cm³/mol. The zero-order chi connectivity index (χ0) is 14.1. The van der Waals surface area contributed by atoms with E-state index in [0.717, 1.165) is 31.6 Å². The summed E-state index contributed by atoms with van der Waals surface area (Å²) in [5.41, 5.74) is 1.12. The van der Waals surface area contributed by atoms with Crippen molar-refractivity contribution in [2.45, 2.75) is 19.4 Å². The Bertz CT molecular complexity index is 564. The molecule has 1 amide bonds. The fraction of sp³-hybridized carbons (Fsp3) is 0.615. The van der Waals surface area contributed by atoms with Crippen LogP contribution in [0.2, 0.25) is 0 Å². The van der Waals surface area contributed by atoms with E-state index in [-0.39, 0.29) is 11.8 Å². The second-order valence-electron chi connectivity index (χ2n) is 5.40. The van der Waals surface area contributed by atoms with Crippen molar-refractivity contribution in [1.29, 1.82) is 5.26 Å². The molecule has 2 aliphatic heterocycles. The van der Waals surface area contributed by atoms with Crippen LogP contribution in [0, 0.1) is 17.4 Å². The lowest BCUT2D eigenvalue weighted by molar-refractivity contribution is -0.119. The van der Waals surface area contributed by atoms with Crippen LogP contribution in [0.3, 0.4) is 0 Å². The third kappa shape index (κ3) is 2.62. The third-order valence-corrected chi connectivity index (χ3v) is 4.85. The molecule has 1 N–H and O–H groups in total. The molecule has 1 aromatic rings. The highest BCUT2D eigenvalue weighted by atomic mass is 32.1. The maximum Gasteiger partial charge on any atom is 0.231 e. The lowest BCUT2D eigenvalue weighted by Crippen LogP contribution is -2.25. The van der Waals surface area contributed by atoms with E-state index in [1.165, 1.54) is 4.88 Å². The van der Waals surface area contributed by atoms with Gasteiger partial charge in [0.2, 0.25) is 5.91 Å². The highest BCUT2D eigenvalue weighted by Gasteiger charge is 2.28. The first-order valence-corrected chi connectivity index (χ1v) is 7.60. The van der Waals surface area contributed by atoms with Crippen molar-refractivity contribution in [3.05, 3.63) is 10.6 Å². The number of aromatic nitrogens is 1. The molecule has 1 fully saturated rings. The van der Waals surface area contributed by atoms with Crippen molar-refractivity contribution < 1.29 is 4.79 Å². The van der Waals surface area contributed by atoms with Gasteiger partial charge in [0, 0.05) is 37.5 Å². The monoisotopic (exact) mass is 291 g/mol. The summed E-state index contributed by atoms with van der Waals surface area (Å²) in [6.45, 7) is 3.13. The summed E-state index contributed by atoms with van der Waals surface area (Å²) < 4.78 is 0. The van der Waals surface area contributed by atoms with E-state index >= 15 is 0 Å². The van der Waals surface area contributed by atoms with Crippen LogP contribution in [0.5, 0.6) is 0 Å². The third-order valence-electron chi connectivity index (χ3n) is 3.85. The SMILES string of the molecule is CN1CCc2nc(NC(=O)[C@H]3CCN(C#N)C3)sc2C1. The second kappa shape index (κ2) is 5.38. The number of likely N-dealkylation sites (N-methyl/N-ethyl adjacent to an activating group) is 1. The highest BCUT2D eigenvalue weighted by Crippen LogP contribution is 2.28. The second-order valence-corrected chi connectivity index (χ2v) is 6.48. The van der Waals surface area contributed by atoms with E-state index in [2.05, 4.69) is 28.4 Å². The maximum atomic E-state index is 12.2. The number of nitriles is 1. The van der Waals surface area contributed by atoms with Crippen LogP contribution in [0.4, 0.5) is 5.13 Å². The van der Waals surface area contributed by atoms with Crippen molar-refractivity contribution in [3.63, 3.8) is 0 Å². The van der Waals surface area contributed by atoms with E-state index < -0.39 is 0 Å². The summed E-state index contributed by atoms with van der Waals surface area (Å²) in [5, 5.41) is 12.4. The van der Waals surface area contributed by atoms with Crippen molar-refractivity contribution >= 4 is 22.4 Å². The number of fused-ring (bicyclic) bond motifs is 1. The van der Waals surface area contributed by atoms with Gasteiger partial charge in [-0.05, 0) is 13.5 Å². The fourth-order valence-corrected chi connectivity index (χ4v) is 3.74. The van der Waals surface area contributed by atoms with E-state index in [1.54, 1.807) is 16.2 Å². The minimum Gasteiger partial charge on any atom is -0.310 e. The number of nitrogens with zero attached hydrogens (tertiary/aromatic N) is 4. The number of hydrogen-bond donors (Lipinski definition) is 1. The quantitative estimate of drug-likeness (QED) is 0.819. The average molecular weight is 291 g/mol. The molecule has 6 nitrogen and oxygen atoms in total. The van der Waals surface area contributed by atoms with Gasteiger partial charge in [-0.2, -0.15) is 5.26 Å². The van der Waals surface area contributed by atoms with Crippen LogP contribution in [-0.2, 0) is 17.8 Å². The summed E-state index contributed by atoms with van der Waals surface area (Å²) in [7, 11) is 2.09. The van der Waals surface area contributed by atoms with E-state index in [9.17, 15) is 4.79 Å². The Morgan fingerprint density at radius 2 is 2.40 bits per heavy atom. The van der Waals surface area contributed by atoms with Gasteiger partial charge in [0.15, 0.2) is 11.3 Å². The summed E-state index contributed by atoms with van der Waals surface area (Å²) >= 11 is 1.57. The molecule has 3 rings (SSSR count). The van der Waals surface area contributed by atoms with Crippen LogP contribution in [-0.4, -0.2) is 47.4 Å². The molecule has 7 heteroatoms. The lowest BCUT2D eigenvalue weighted by Gasteiger charge is -2.20. The molecule has 0 radical (unpaired) electrons. The zero-order valence-corrected chi connectivity index (χ0v) is 12.2. The van der Waals surface area contributed by atoms with Crippen molar-refractivity contribution in [2.75, 3.05) is 32.0 Å². The predicted octanol–water partition coefficient (Wildman–Crippen LogP) is 0.872. The van der Waals surface area contributed by atoms with Gasteiger partial charge < -0.3 is 15.1 Å². The van der Waals surface area contributed by atoms with Crippen LogP contribution >= 0.6 is 11.3 Å². The van der Waals surface area contributed by atoms with Crippen molar-refractivity contribution in [1.82, 2.24) is 14.8 Å². The van der Waals surface area contributed by atoms with Crippen molar-refractivity contribution in [2.24, 2.45) is 5.92 Å². The molecule has 20 heavy (non-hydrogen) atoms. The Kier molecular flexibility index (Phi) is 3.59. The lowest BCUT2D eigenvalue weighted by atomic mass is 10.1. The molecule has 1 saturated heterocycles. The molecule has 0 bridgehead atoms. The Labute approximate surface area is 122 Å². The summed E-state index contributed by atoms with van der Waals surface area (Å²) in [5.74, 6) is -0.111. The molecule has 2 aliphatic rings. The van der Waals surface area contributed by atoms with Crippen LogP contribution in [0.25, 0.3) is 0 Å². The minimum absolute atomic E-state index is 0.0119. The van der Waals surface area contributed by atoms with Gasteiger partial charge in [-0.1, -0.05) is 0 Å². The summed E-state index contributed by atoms with van der Waals surface area (Å²) in [4.78, 5) is 21.8. The van der Waals surface area contributed by atoms with Gasteiger partial charge in [0.1, 0.15) is 0 Å². The fourth-order valence-electron chi connectivity index (χ4n) is 2.65. The standard InChI is InChI=1S/C13H17N5OS/c1-17-4-3-10-11(7-17)20-13(15-10)16-12(19)9-2-5-18(6-9)8-14/h9H,2-7H2,1H3,(H,15,16,19)/t9-/m0/s1. The molecule has 1 aromatic heterocycles. The largest absolute Gasteiger partial charge is 0.310 e. The van der Waals surface area contributed by atoms with Crippen LogP contribution < -0.4 is 5.32 Å². The van der Waals surface area contributed by atoms with Gasteiger partial charge in [-0.3, -0.25) is 4.79 Å². The van der Waals surface area contributed by atoms with E-state index in [0.29, 0.717) is 18.2 Å². The number of rotatable bonds is 2. The van der Waals surface area contributed by atoms with Gasteiger partial charge in [-0.25, -0.2) is 4.98 Å². The topological polar surface area (TPSA) is 72.3 Å². The van der Waals surface area contributed by atoms with Crippen LogP contribution in [0.1, 0.15) is 17.0 Å². The first-order valence-electron chi connectivity index (χ1n) is 6.78. The Morgan fingerprint density at radius 1 is 1.55 bits per heavy atom. The molecule has 0 saturated carbocycles. The number of likely N-dealkylation sites (tertiary alicyclic amines) is 1.